The monoisotopic (exact) mass is 224 g/mol. The largest absolute Gasteiger partial charge is 0.477 e. The molecule has 5 nitrogen and oxygen atoms in total. The lowest BCUT2D eigenvalue weighted by molar-refractivity contribution is 0.0690. The van der Waals surface area contributed by atoms with E-state index in [0.29, 0.717) is 22.6 Å². The van der Waals surface area contributed by atoms with Crippen molar-refractivity contribution in [2.75, 3.05) is 0 Å². The van der Waals surface area contributed by atoms with E-state index in [1.807, 2.05) is 0 Å². The standard InChI is InChI=1S/C9H8N2O3S/c12-8(13)7-6(10-9(15)11-7)4-5-2-1-3-14-5/h1-3H,4H2,(H,12,13)(H2,10,11,15). The molecule has 0 unspecified atom stereocenters. The fourth-order valence-corrected chi connectivity index (χ4v) is 1.55. The third kappa shape index (κ3) is 1.99. The predicted octanol–water partition coefficient (Wildman–Crippen LogP) is 1.95. The number of carbonyl (C=O) groups is 1. The van der Waals surface area contributed by atoms with E-state index in [-0.39, 0.29) is 5.69 Å². The first-order valence-electron chi connectivity index (χ1n) is 4.23. The summed E-state index contributed by atoms with van der Waals surface area (Å²) in [5.74, 6) is -0.355. The molecule has 0 spiro atoms. The van der Waals surface area contributed by atoms with E-state index in [9.17, 15) is 4.79 Å². The molecular formula is C9H8N2O3S. The van der Waals surface area contributed by atoms with Crippen molar-refractivity contribution < 1.29 is 14.3 Å². The minimum Gasteiger partial charge on any atom is -0.477 e. The topological polar surface area (TPSA) is 82.0 Å². The Hall–Kier alpha value is -1.82. The highest BCUT2D eigenvalue weighted by atomic mass is 32.1. The molecule has 0 aliphatic carbocycles. The van der Waals surface area contributed by atoms with Crippen LogP contribution in [0.3, 0.4) is 0 Å². The normalized spacial score (nSPS) is 10.4. The Labute approximate surface area is 89.8 Å². The maximum absolute atomic E-state index is 10.8. The van der Waals surface area contributed by atoms with Crippen LogP contribution in [0.1, 0.15) is 21.9 Å². The van der Waals surface area contributed by atoms with Crippen molar-refractivity contribution in [2.24, 2.45) is 0 Å². The number of carboxylic acids is 1. The SMILES string of the molecule is O=C(O)c1[nH]c(=S)[nH]c1Cc1ccco1. The summed E-state index contributed by atoms with van der Waals surface area (Å²) < 4.78 is 5.42. The van der Waals surface area contributed by atoms with E-state index in [2.05, 4.69) is 9.97 Å². The quantitative estimate of drug-likeness (QED) is 0.696. The summed E-state index contributed by atoms with van der Waals surface area (Å²) in [7, 11) is 0. The van der Waals surface area contributed by atoms with Crippen LogP contribution in [0, 0.1) is 4.77 Å². The molecule has 0 amide bonds. The van der Waals surface area contributed by atoms with Crippen LogP contribution in [0.2, 0.25) is 0 Å². The highest BCUT2D eigenvalue weighted by Gasteiger charge is 2.13. The second-order valence-electron chi connectivity index (χ2n) is 2.99. The molecular weight excluding hydrogens is 216 g/mol. The molecule has 0 aliphatic heterocycles. The molecule has 0 aromatic carbocycles. The van der Waals surface area contributed by atoms with Gasteiger partial charge in [0.15, 0.2) is 4.77 Å². The summed E-state index contributed by atoms with van der Waals surface area (Å²) in [5.41, 5.74) is 0.596. The summed E-state index contributed by atoms with van der Waals surface area (Å²) in [6, 6.07) is 3.52. The summed E-state index contributed by atoms with van der Waals surface area (Å²) in [4.78, 5) is 16.2. The highest BCUT2D eigenvalue weighted by molar-refractivity contribution is 7.71. The first-order valence-corrected chi connectivity index (χ1v) is 4.64. The smallest absolute Gasteiger partial charge is 0.354 e. The molecule has 0 saturated heterocycles. The molecule has 0 saturated carbocycles. The number of nitrogens with one attached hydrogen (secondary N) is 2. The minimum atomic E-state index is -1.04. The Morgan fingerprint density at radius 3 is 2.93 bits per heavy atom. The molecule has 3 N–H and O–H groups in total. The van der Waals surface area contributed by atoms with Crippen molar-refractivity contribution in [2.45, 2.75) is 6.42 Å². The number of aromatic nitrogens is 2. The van der Waals surface area contributed by atoms with Crippen LogP contribution in [-0.2, 0) is 6.42 Å². The number of furan rings is 1. The van der Waals surface area contributed by atoms with E-state index in [4.69, 9.17) is 21.7 Å². The third-order valence-electron chi connectivity index (χ3n) is 1.95. The van der Waals surface area contributed by atoms with Crippen molar-refractivity contribution in [3.05, 3.63) is 40.3 Å². The van der Waals surface area contributed by atoms with Crippen LogP contribution in [0.5, 0.6) is 0 Å². The first-order chi connectivity index (χ1) is 7.16. The molecule has 2 aromatic rings. The number of hydrogen-bond acceptors (Lipinski definition) is 3. The van der Waals surface area contributed by atoms with Crippen molar-refractivity contribution in [3.8, 4) is 0 Å². The number of hydrogen-bond donors (Lipinski definition) is 3. The molecule has 0 bridgehead atoms. The van der Waals surface area contributed by atoms with Gasteiger partial charge >= 0.3 is 5.97 Å². The Bertz CT molecular complexity index is 524. The Balaban J connectivity index is 2.36. The molecule has 6 heteroatoms. The van der Waals surface area contributed by atoms with Crippen LogP contribution in [0.4, 0.5) is 0 Å². The van der Waals surface area contributed by atoms with E-state index < -0.39 is 5.97 Å². The first kappa shape index (κ1) is 9.72. The summed E-state index contributed by atoms with van der Waals surface area (Å²) >= 11 is 4.83. The van der Waals surface area contributed by atoms with Crippen LogP contribution >= 0.6 is 12.2 Å². The van der Waals surface area contributed by atoms with Crippen molar-refractivity contribution in [3.63, 3.8) is 0 Å². The highest BCUT2D eigenvalue weighted by Crippen LogP contribution is 2.11. The molecule has 2 aromatic heterocycles. The van der Waals surface area contributed by atoms with Crippen LogP contribution in [0.15, 0.2) is 22.8 Å². The Kier molecular flexibility index (Phi) is 2.42. The van der Waals surface area contributed by atoms with Gasteiger partial charge in [-0.05, 0) is 24.4 Å². The summed E-state index contributed by atoms with van der Waals surface area (Å²) in [6.45, 7) is 0. The van der Waals surface area contributed by atoms with Gasteiger partial charge in [0.2, 0.25) is 0 Å². The lowest BCUT2D eigenvalue weighted by atomic mass is 10.2. The zero-order chi connectivity index (χ0) is 10.8. The number of carboxylic acid groups (broad SMARTS) is 1. The molecule has 2 heterocycles. The summed E-state index contributed by atoms with van der Waals surface area (Å²) in [5, 5.41) is 8.88. The predicted molar refractivity (Wildman–Crippen MR) is 54.5 cm³/mol. The van der Waals surface area contributed by atoms with E-state index >= 15 is 0 Å². The van der Waals surface area contributed by atoms with E-state index in [1.165, 1.54) is 6.26 Å². The number of aromatic amines is 2. The lowest BCUT2D eigenvalue weighted by Crippen LogP contribution is -2.02. The van der Waals surface area contributed by atoms with Crippen LogP contribution in [0.25, 0.3) is 0 Å². The lowest BCUT2D eigenvalue weighted by Gasteiger charge is -1.95. The number of rotatable bonds is 3. The second-order valence-corrected chi connectivity index (χ2v) is 3.40. The molecule has 2 rings (SSSR count). The fraction of sp³-hybridized carbons (Fsp3) is 0.111. The van der Waals surface area contributed by atoms with E-state index in [0.717, 1.165) is 0 Å². The van der Waals surface area contributed by atoms with Crippen molar-refractivity contribution >= 4 is 18.2 Å². The zero-order valence-electron chi connectivity index (χ0n) is 7.61. The fourth-order valence-electron chi connectivity index (χ4n) is 1.32. The van der Waals surface area contributed by atoms with Crippen molar-refractivity contribution in [1.29, 1.82) is 0 Å². The minimum absolute atomic E-state index is 0.0800. The third-order valence-corrected chi connectivity index (χ3v) is 2.15. The molecule has 78 valence electrons. The molecule has 15 heavy (non-hydrogen) atoms. The van der Waals surface area contributed by atoms with Crippen LogP contribution in [-0.4, -0.2) is 21.0 Å². The van der Waals surface area contributed by atoms with Gasteiger partial charge in [0, 0.05) is 6.42 Å². The van der Waals surface area contributed by atoms with Gasteiger partial charge < -0.3 is 19.5 Å². The number of imidazole rings is 1. The van der Waals surface area contributed by atoms with Gasteiger partial charge in [-0.2, -0.15) is 0 Å². The van der Waals surface area contributed by atoms with Gasteiger partial charge in [0.1, 0.15) is 11.5 Å². The molecule has 0 radical (unpaired) electrons. The van der Waals surface area contributed by atoms with Gasteiger partial charge in [-0.1, -0.05) is 0 Å². The maximum atomic E-state index is 10.8. The second kappa shape index (κ2) is 3.74. The van der Waals surface area contributed by atoms with Crippen molar-refractivity contribution in [1.82, 2.24) is 9.97 Å². The Morgan fingerprint density at radius 1 is 1.53 bits per heavy atom. The van der Waals surface area contributed by atoms with Gasteiger partial charge in [-0.3, -0.25) is 0 Å². The molecule has 0 aliphatic rings. The summed E-state index contributed by atoms with van der Waals surface area (Å²) in [6.07, 6.45) is 1.92. The molecule has 0 fully saturated rings. The average Bonchev–Trinajstić information content (AvgIpc) is 2.75. The van der Waals surface area contributed by atoms with E-state index in [1.54, 1.807) is 12.1 Å². The Morgan fingerprint density at radius 2 is 2.33 bits per heavy atom. The number of H-pyrrole nitrogens is 2. The maximum Gasteiger partial charge on any atom is 0.354 e. The number of aromatic carboxylic acids is 1. The van der Waals surface area contributed by atoms with Gasteiger partial charge in [0.05, 0.1) is 12.0 Å². The molecule has 0 atom stereocenters. The van der Waals surface area contributed by atoms with Crippen LogP contribution < -0.4 is 0 Å². The van der Waals surface area contributed by atoms with Gasteiger partial charge in [0.25, 0.3) is 0 Å². The van der Waals surface area contributed by atoms with Gasteiger partial charge in [-0.15, -0.1) is 0 Å². The van der Waals surface area contributed by atoms with Gasteiger partial charge in [-0.25, -0.2) is 4.79 Å². The average molecular weight is 224 g/mol. The zero-order valence-corrected chi connectivity index (χ0v) is 8.43.